The second kappa shape index (κ2) is 9.15. The number of ether oxygens (including phenoxy) is 1. The molecule has 0 spiro atoms. The molecule has 0 atom stereocenters. The van der Waals surface area contributed by atoms with E-state index < -0.39 is 0 Å². The van der Waals surface area contributed by atoms with Crippen LogP contribution in [-0.4, -0.2) is 26.8 Å². The Balaban J connectivity index is 1.54. The first-order valence-corrected chi connectivity index (χ1v) is 11.7. The molecule has 0 fully saturated rings. The Morgan fingerprint density at radius 2 is 1.79 bits per heavy atom. The number of benzene rings is 3. The van der Waals surface area contributed by atoms with Crippen LogP contribution in [0.3, 0.4) is 0 Å². The fourth-order valence-electron chi connectivity index (χ4n) is 3.76. The number of hydrogen-bond acceptors (Lipinski definition) is 7. The van der Waals surface area contributed by atoms with Crippen molar-refractivity contribution in [1.82, 2.24) is 19.7 Å². The lowest BCUT2D eigenvalue weighted by Gasteiger charge is -2.15. The highest BCUT2D eigenvalue weighted by Crippen LogP contribution is 2.29. The molecular weight excluding hydrogens is 448 g/mol. The van der Waals surface area contributed by atoms with Gasteiger partial charge in [0.2, 0.25) is 11.7 Å². The summed E-state index contributed by atoms with van der Waals surface area (Å²) in [5, 5.41) is 5.25. The second-order valence-electron chi connectivity index (χ2n) is 7.84. The van der Waals surface area contributed by atoms with E-state index >= 15 is 0 Å². The third-order valence-electron chi connectivity index (χ3n) is 5.49. The summed E-state index contributed by atoms with van der Waals surface area (Å²) in [6.45, 7) is 4.00. The van der Waals surface area contributed by atoms with Crippen LogP contribution in [0, 0.1) is 13.8 Å². The van der Waals surface area contributed by atoms with Gasteiger partial charge in [-0.05, 0) is 55.3 Å². The van der Waals surface area contributed by atoms with E-state index in [1.807, 2.05) is 74.5 Å². The summed E-state index contributed by atoms with van der Waals surface area (Å²) >= 11 is 1.38. The van der Waals surface area contributed by atoms with Crippen LogP contribution in [0.1, 0.15) is 17.0 Å². The molecule has 34 heavy (non-hydrogen) atoms. The van der Waals surface area contributed by atoms with E-state index in [0.29, 0.717) is 39.3 Å². The maximum Gasteiger partial charge on any atom is 0.266 e. The summed E-state index contributed by atoms with van der Waals surface area (Å²) in [5.41, 5.74) is 4.16. The minimum absolute atomic E-state index is 0.109. The summed E-state index contributed by atoms with van der Waals surface area (Å²) in [5.74, 6) is 1.91. The van der Waals surface area contributed by atoms with Gasteiger partial charge in [0.1, 0.15) is 5.75 Å². The molecule has 2 aromatic heterocycles. The van der Waals surface area contributed by atoms with Crippen LogP contribution in [0.15, 0.2) is 81.2 Å². The predicted molar refractivity (Wildman–Crippen MR) is 133 cm³/mol. The normalized spacial score (nSPS) is 11.1. The molecule has 7 nitrogen and oxygen atoms in total. The van der Waals surface area contributed by atoms with Gasteiger partial charge in [-0.25, -0.2) is 4.98 Å². The van der Waals surface area contributed by atoms with Gasteiger partial charge < -0.3 is 9.26 Å². The summed E-state index contributed by atoms with van der Waals surface area (Å²) in [6, 6.07) is 20.9. The Kier molecular flexibility index (Phi) is 5.90. The highest BCUT2D eigenvalue weighted by molar-refractivity contribution is 7.98. The Bertz CT molecular complexity index is 1560. The lowest BCUT2D eigenvalue weighted by atomic mass is 10.1. The van der Waals surface area contributed by atoms with Crippen LogP contribution in [0.2, 0.25) is 0 Å². The quantitative estimate of drug-likeness (QED) is 0.244. The molecule has 170 valence electrons. The Morgan fingerprint density at radius 1 is 1.00 bits per heavy atom. The maximum absolute atomic E-state index is 13.5. The van der Waals surface area contributed by atoms with Crippen molar-refractivity contribution in [3.63, 3.8) is 0 Å². The molecule has 2 heterocycles. The Labute approximate surface area is 200 Å². The molecule has 0 saturated heterocycles. The second-order valence-corrected chi connectivity index (χ2v) is 8.79. The number of rotatable bonds is 6. The smallest absolute Gasteiger partial charge is 0.266 e. The zero-order valence-electron chi connectivity index (χ0n) is 19.0. The third kappa shape index (κ3) is 4.08. The molecule has 8 heteroatoms. The SMILES string of the molecule is COc1ccccc1-c1noc(CSc2nc3ccccc3c(=O)n2-c2cc(C)ccc2C)n1. The van der Waals surface area contributed by atoms with Crippen molar-refractivity contribution in [2.24, 2.45) is 0 Å². The van der Waals surface area contributed by atoms with Gasteiger partial charge in [-0.1, -0.05) is 53.3 Å². The fourth-order valence-corrected chi connectivity index (χ4v) is 4.60. The summed E-state index contributed by atoms with van der Waals surface area (Å²) in [4.78, 5) is 22.9. The van der Waals surface area contributed by atoms with Gasteiger partial charge >= 0.3 is 0 Å². The maximum atomic E-state index is 13.5. The molecule has 0 N–H and O–H groups in total. The van der Waals surface area contributed by atoms with Gasteiger partial charge in [0.25, 0.3) is 5.56 Å². The molecule has 5 rings (SSSR count). The number of thioether (sulfide) groups is 1. The zero-order chi connectivity index (χ0) is 23.7. The summed E-state index contributed by atoms with van der Waals surface area (Å²) < 4.78 is 12.6. The molecule has 0 bridgehead atoms. The zero-order valence-corrected chi connectivity index (χ0v) is 19.8. The lowest BCUT2D eigenvalue weighted by molar-refractivity contribution is 0.390. The van der Waals surface area contributed by atoms with Crippen molar-refractivity contribution < 1.29 is 9.26 Å². The molecule has 3 aromatic carbocycles. The van der Waals surface area contributed by atoms with Crippen LogP contribution in [0.25, 0.3) is 28.0 Å². The number of para-hydroxylation sites is 2. The molecule has 0 aliphatic heterocycles. The molecule has 0 saturated carbocycles. The minimum Gasteiger partial charge on any atom is -0.496 e. The van der Waals surface area contributed by atoms with Crippen molar-refractivity contribution in [3.8, 4) is 22.8 Å². The van der Waals surface area contributed by atoms with E-state index in [4.69, 9.17) is 14.2 Å². The first-order valence-electron chi connectivity index (χ1n) is 10.7. The number of methoxy groups -OCH3 is 1. The van der Waals surface area contributed by atoms with Gasteiger partial charge in [0.05, 0.1) is 35.0 Å². The minimum atomic E-state index is -0.109. The van der Waals surface area contributed by atoms with Crippen molar-refractivity contribution in [2.75, 3.05) is 7.11 Å². The summed E-state index contributed by atoms with van der Waals surface area (Å²) in [7, 11) is 1.60. The Hall–Kier alpha value is -3.91. The number of fused-ring (bicyclic) bond motifs is 1. The van der Waals surface area contributed by atoms with Crippen LogP contribution < -0.4 is 10.3 Å². The average molecular weight is 471 g/mol. The standard InChI is InChI=1S/C26H22N4O3S/c1-16-12-13-17(2)21(14-16)30-25(31)18-8-4-6-10-20(18)27-26(30)34-15-23-28-24(29-33-23)19-9-5-7-11-22(19)32-3/h4-14H,15H2,1-3H3. The molecule has 0 amide bonds. The number of nitrogens with zero attached hydrogens (tertiary/aromatic N) is 4. The largest absolute Gasteiger partial charge is 0.496 e. The van der Waals surface area contributed by atoms with E-state index in [-0.39, 0.29) is 5.56 Å². The number of hydrogen-bond donors (Lipinski definition) is 0. The summed E-state index contributed by atoms with van der Waals surface area (Å²) in [6.07, 6.45) is 0. The number of aryl methyl sites for hydroxylation is 2. The van der Waals surface area contributed by atoms with E-state index in [2.05, 4.69) is 10.1 Å². The van der Waals surface area contributed by atoms with Gasteiger partial charge in [-0.3, -0.25) is 9.36 Å². The molecule has 5 aromatic rings. The van der Waals surface area contributed by atoms with Crippen molar-refractivity contribution in [2.45, 2.75) is 24.8 Å². The highest BCUT2D eigenvalue weighted by Gasteiger charge is 2.18. The monoisotopic (exact) mass is 470 g/mol. The van der Waals surface area contributed by atoms with E-state index in [1.54, 1.807) is 17.7 Å². The molecular formula is C26H22N4O3S. The van der Waals surface area contributed by atoms with E-state index in [9.17, 15) is 4.79 Å². The molecule has 0 radical (unpaired) electrons. The van der Waals surface area contributed by atoms with Crippen LogP contribution >= 0.6 is 11.8 Å². The topological polar surface area (TPSA) is 83.0 Å². The Morgan fingerprint density at radius 3 is 2.65 bits per heavy atom. The van der Waals surface area contributed by atoms with E-state index in [0.717, 1.165) is 22.4 Å². The van der Waals surface area contributed by atoms with Crippen LogP contribution in [0.4, 0.5) is 0 Å². The van der Waals surface area contributed by atoms with Gasteiger partial charge in [0, 0.05) is 0 Å². The third-order valence-corrected chi connectivity index (χ3v) is 6.41. The first-order chi connectivity index (χ1) is 16.5. The van der Waals surface area contributed by atoms with Gasteiger partial charge in [0.15, 0.2) is 5.16 Å². The average Bonchev–Trinajstić information content (AvgIpc) is 3.33. The number of aromatic nitrogens is 4. The highest BCUT2D eigenvalue weighted by atomic mass is 32.2. The van der Waals surface area contributed by atoms with Gasteiger partial charge in [-0.15, -0.1) is 0 Å². The van der Waals surface area contributed by atoms with Crippen molar-refractivity contribution >= 4 is 22.7 Å². The van der Waals surface area contributed by atoms with Gasteiger partial charge in [-0.2, -0.15) is 4.98 Å². The fraction of sp³-hybridized carbons (Fsp3) is 0.154. The molecule has 0 aliphatic rings. The lowest BCUT2D eigenvalue weighted by Crippen LogP contribution is -2.22. The van der Waals surface area contributed by atoms with Crippen LogP contribution in [-0.2, 0) is 5.75 Å². The first kappa shape index (κ1) is 21.9. The van der Waals surface area contributed by atoms with Crippen LogP contribution in [0.5, 0.6) is 5.75 Å². The molecule has 0 unspecified atom stereocenters. The van der Waals surface area contributed by atoms with Crippen molar-refractivity contribution in [3.05, 3.63) is 94.1 Å². The van der Waals surface area contributed by atoms with E-state index in [1.165, 1.54) is 11.8 Å². The predicted octanol–water partition coefficient (Wildman–Crippen LogP) is 5.35. The molecule has 0 aliphatic carbocycles. The van der Waals surface area contributed by atoms with Crippen molar-refractivity contribution in [1.29, 1.82) is 0 Å².